The lowest BCUT2D eigenvalue weighted by Gasteiger charge is -2.25. The van der Waals surface area contributed by atoms with E-state index in [1.807, 2.05) is 0 Å². The summed E-state index contributed by atoms with van der Waals surface area (Å²) in [5.74, 6) is -0.129. The predicted octanol–water partition coefficient (Wildman–Crippen LogP) is 4.96. The first-order valence-corrected chi connectivity index (χ1v) is 13.7. The molecular weight excluding hydrogens is 513 g/mol. The van der Waals surface area contributed by atoms with Gasteiger partial charge in [-0.1, -0.05) is 18.7 Å². The highest BCUT2D eigenvalue weighted by atomic mass is 32.2. The molecule has 0 saturated heterocycles. The summed E-state index contributed by atoms with van der Waals surface area (Å²) in [5.41, 5.74) is 1.79. The molecule has 2 aromatic heterocycles. The number of halogens is 1. The van der Waals surface area contributed by atoms with Crippen LogP contribution >= 0.6 is 23.1 Å². The second kappa shape index (κ2) is 10.6. The van der Waals surface area contributed by atoms with Crippen LogP contribution in [0.4, 0.5) is 4.39 Å². The fourth-order valence-corrected chi connectivity index (χ4v) is 6.67. The van der Waals surface area contributed by atoms with Crippen LogP contribution in [0, 0.1) is 5.82 Å². The first-order valence-electron chi connectivity index (χ1n) is 11.9. The maximum atomic E-state index is 14.2. The molecule has 0 radical (unpaired) electrons. The maximum absolute atomic E-state index is 14.2. The van der Waals surface area contributed by atoms with Crippen molar-refractivity contribution in [1.82, 2.24) is 14.5 Å². The van der Waals surface area contributed by atoms with E-state index >= 15 is 0 Å². The third kappa shape index (κ3) is 4.88. The second-order valence-electron chi connectivity index (χ2n) is 8.60. The Labute approximate surface area is 221 Å². The molecule has 2 aromatic carbocycles. The van der Waals surface area contributed by atoms with Crippen LogP contribution in [-0.2, 0) is 13.0 Å². The quantitative estimate of drug-likeness (QED) is 0.178. The minimum absolute atomic E-state index is 0.00538. The van der Waals surface area contributed by atoms with E-state index in [1.165, 1.54) is 30.2 Å². The van der Waals surface area contributed by atoms with Crippen LogP contribution in [0.1, 0.15) is 27.7 Å². The van der Waals surface area contributed by atoms with E-state index in [0.717, 1.165) is 43.4 Å². The summed E-state index contributed by atoms with van der Waals surface area (Å²) in [7, 11) is 2.96. The predicted molar refractivity (Wildman–Crippen MR) is 144 cm³/mol. The second-order valence-corrected chi connectivity index (χ2v) is 10.6. The van der Waals surface area contributed by atoms with E-state index in [0.29, 0.717) is 26.8 Å². The Bertz CT molecular complexity index is 1530. The van der Waals surface area contributed by atoms with E-state index in [1.54, 1.807) is 47.3 Å². The van der Waals surface area contributed by atoms with Gasteiger partial charge >= 0.3 is 0 Å². The first kappa shape index (κ1) is 25.4. The lowest BCUT2D eigenvalue weighted by molar-refractivity contribution is 0.102. The van der Waals surface area contributed by atoms with Crippen LogP contribution in [0.3, 0.4) is 0 Å². The van der Waals surface area contributed by atoms with Crippen LogP contribution < -0.4 is 15.0 Å². The van der Waals surface area contributed by atoms with Crippen LogP contribution in [0.15, 0.2) is 52.4 Å². The minimum atomic E-state index is -0.599. The van der Waals surface area contributed by atoms with Crippen molar-refractivity contribution >= 4 is 39.1 Å². The van der Waals surface area contributed by atoms with E-state index in [9.17, 15) is 14.0 Å². The van der Waals surface area contributed by atoms with Gasteiger partial charge in [0.25, 0.3) is 5.56 Å². The van der Waals surface area contributed by atoms with Gasteiger partial charge in [0, 0.05) is 23.5 Å². The highest BCUT2D eigenvalue weighted by Gasteiger charge is 2.25. The molecule has 0 fully saturated rings. The fourth-order valence-electron chi connectivity index (χ4n) is 4.46. The Morgan fingerprint density at radius 3 is 2.62 bits per heavy atom. The van der Waals surface area contributed by atoms with Gasteiger partial charge in [-0.25, -0.2) is 9.37 Å². The van der Waals surface area contributed by atoms with Crippen LogP contribution in [0.2, 0.25) is 0 Å². The number of thiophene rings is 1. The van der Waals surface area contributed by atoms with Gasteiger partial charge in [0.1, 0.15) is 10.6 Å². The molecule has 0 bridgehead atoms. The molecule has 5 rings (SSSR count). The molecule has 0 saturated carbocycles. The molecule has 0 unspecified atom stereocenters. The number of carbonyl (C=O) groups is 1. The van der Waals surface area contributed by atoms with E-state index in [2.05, 4.69) is 11.8 Å². The number of ketones is 1. The zero-order chi connectivity index (χ0) is 26.1. The lowest BCUT2D eigenvalue weighted by Crippen LogP contribution is -2.30. The number of methoxy groups -OCH3 is 2. The number of ether oxygens (including phenoxy) is 2. The Hall–Kier alpha value is -3.21. The van der Waals surface area contributed by atoms with Crippen LogP contribution in [0.25, 0.3) is 15.9 Å². The number of carbonyl (C=O) groups excluding carboxylic acids is 1. The van der Waals surface area contributed by atoms with Crippen molar-refractivity contribution in [1.29, 1.82) is 0 Å². The molecule has 3 heterocycles. The largest absolute Gasteiger partial charge is 0.497 e. The zero-order valence-corrected chi connectivity index (χ0v) is 22.4. The summed E-state index contributed by atoms with van der Waals surface area (Å²) >= 11 is 2.71. The van der Waals surface area contributed by atoms with Gasteiger partial charge in [-0.3, -0.25) is 19.1 Å². The van der Waals surface area contributed by atoms with Crippen molar-refractivity contribution in [3.05, 3.63) is 74.6 Å². The molecule has 192 valence electrons. The first-order chi connectivity index (χ1) is 17.9. The number of Topliss-reactive ketones (excluding diaryl/α,β-unsaturated/α-hetero) is 1. The standard InChI is InChI=1S/C27H26FN3O4S2/c1-4-30-12-11-19-23(14-30)37-25-24(19)26(33)31(17-6-8-18(34-2)9-7-17)27(29-25)36-15-21(32)16-5-10-22(35-3)20(28)13-16/h5-10,13H,4,11-12,14-15H2,1-3H3. The Morgan fingerprint density at radius 1 is 1.16 bits per heavy atom. The monoisotopic (exact) mass is 539 g/mol. The van der Waals surface area contributed by atoms with Gasteiger partial charge in [-0.2, -0.15) is 0 Å². The lowest BCUT2D eigenvalue weighted by atomic mass is 10.1. The highest BCUT2D eigenvalue weighted by Crippen LogP contribution is 2.34. The third-order valence-electron chi connectivity index (χ3n) is 6.51. The number of thioether (sulfide) groups is 1. The highest BCUT2D eigenvalue weighted by molar-refractivity contribution is 7.99. The van der Waals surface area contributed by atoms with Gasteiger partial charge in [0.05, 0.1) is 31.0 Å². The average molecular weight is 540 g/mol. The number of fused-ring (bicyclic) bond motifs is 3. The summed E-state index contributed by atoms with van der Waals surface area (Å²) in [6.45, 7) is 4.79. The normalized spacial score (nSPS) is 13.5. The molecule has 37 heavy (non-hydrogen) atoms. The van der Waals surface area contributed by atoms with Gasteiger partial charge in [0.15, 0.2) is 22.5 Å². The molecule has 1 aliphatic rings. The SMILES string of the molecule is CCN1CCc2c(sc3nc(SCC(=O)c4ccc(OC)c(F)c4)n(-c4ccc(OC)cc4)c(=O)c23)C1. The number of aromatic nitrogens is 2. The van der Waals surface area contributed by atoms with Gasteiger partial charge < -0.3 is 9.47 Å². The smallest absolute Gasteiger partial charge is 0.267 e. The molecule has 7 nitrogen and oxygen atoms in total. The minimum Gasteiger partial charge on any atom is -0.497 e. The van der Waals surface area contributed by atoms with Gasteiger partial charge in [-0.05, 0) is 61.0 Å². The zero-order valence-electron chi connectivity index (χ0n) is 20.7. The fraction of sp³-hybridized carbons (Fsp3) is 0.296. The third-order valence-corrected chi connectivity index (χ3v) is 8.56. The summed E-state index contributed by atoms with van der Waals surface area (Å²) in [6.07, 6.45) is 0.802. The van der Waals surface area contributed by atoms with E-state index in [4.69, 9.17) is 14.5 Å². The Kier molecular flexibility index (Phi) is 7.32. The molecule has 0 atom stereocenters. The van der Waals surface area contributed by atoms with Gasteiger partial charge in [0.2, 0.25) is 0 Å². The van der Waals surface area contributed by atoms with Gasteiger partial charge in [-0.15, -0.1) is 11.3 Å². The molecular formula is C27H26FN3O4S2. The molecule has 0 aliphatic carbocycles. The molecule has 0 spiro atoms. The van der Waals surface area contributed by atoms with Crippen molar-refractivity contribution in [3.63, 3.8) is 0 Å². The number of rotatable bonds is 8. The average Bonchev–Trinajstić information content (AvgIpc) is 3.29. The van der Waals surface area contributed by atoms with Crippen molar-refractivity contribution in [2.24, 2.45) is 0 Å². The number of likely N-dealkylation sites (N-methyl/N-ethyl adjacent to an activating group) is 1. The van der Waals surface area contributed by atoms with Crippen molar-refractivity contribution in [2.45, 2.75) is 25.0 Å². The Balaban J connectivity index is 1.56. The van der Waals surface area contributed by atoms with Crippen LogP contribution in [-0.4, -0.2) is 53.3 Å². The molecule has 0 amide bonds. The molecule has 4 aromatic rings. The summed E-state index contributed by atoms with van der Waals surface area (Å²) in [5, 5.41) is 1.07. The summed E-state index contributed by atoms with van der Waals surface area (Å²) < 4.78 is 25.9. The summed E-state index contributed by atoms with van der Waals surface area (Å²) in [4.78, 5) is 35.9. The number of nitrogens with zero attached hydrogens (tertiary/aromatic N) is 3. The molecule has 0 N–H and O–H groups in total. The number of benzene rings is 2. The van der Waals surface area contributed by atoms with E-state index < -0.39 is 5.82 Å². The van der Waals surface area contributed by atoms with Crippen LogP contribution in [0.5, 0.6) is 11.5 Å². The van der Waals surface area contributed by atoms with E-state index in [-0.39, 0.29) is 28.4 Å². The number of hydrogen-bond donors (Lipinski definition) is 0. The van der Waals surface area contributed by atoms with Crippen molar-refractivity contribution < 1.29 is 18.7 Å². The summed E-state index contributed by atoms with van der Waals surface area (Å²) in [6, 6.07) is 11.3. The molecule has 10 heteroatoms. The number of hydrogen-bond acceptors (Lipinski definition) is 8. The molecule has 1 aliphatic heterocycles. The van der Waals surface area contributed by atoms with Crippen molar-refractivity contribution in [2.75, 3.05) is 33.1 Å². The maximum Gasteiger partial charge on any atom is 0.267 e. The topological polar surface area (TPSA) is 73.7 Å². The van der Waals surface area contributed by atoms with Crippen molar-refractivity contribution in [3.8, 4) is 17.2 Å². The Morgan fingerprint density at radius 2 is 1.95 bits per heavy atom.